The molecule has 0 aromatic carbocycles. The summed E-state index contributed by atoms with van der Waals surface area (Å²) in [5, 5.41) is 10.7. The normalized spacial score (nSPS) is 21.3. The molecule has 1 amide bonds. The second kappa shape index (κ2) is 17.3. The molecule has 0 radical (unpaired) electrons. The molecule has 3 aliphatic rings. The van der Waals surface area contributed by atoms with Crippen LogP contribution in [-0.2, 0) is 28.7 Å². The Morgan fingerprint density at radius 3 is 2.21 bits per heavy atom. The molecule has 0 unspecified atom stereocenters. The number of rotatable bonds is 4. The monoisotopic (exact) mass is 544 g/mol. The Bertz CT molecular complexity index is 850. The number of fused-ring (bicyclic) bond motifs is 1. The molecule has 1 aromatic rings. The quantitative estimate of drug-likeness (QED) is 0.448. The van der Waals surface area contributed by atoms with Crippen LogP contribution in [-0.4, -0.2) is 62.0 Å². The zero-order chi connectivity index (χ0) is 28.7. The number of carbonyl (C=O) groups excluding carboxylic acids is 1. The van der Waals surface area contributed by atoms with Gasteiger partial charge < -0.3 is 20.1 Å². The lowest BCUT2D eigenvalue weighted by atomic mass is 9.84. The van der Waals surface area contributed by atoms with Gasteiger partial charge in [0.1, 0.15) is 12.7 Å². The Morgan fingerprint density at radius 1 is 1.13 bits per heavy atom. The predicted molar refractivity (Wildman–Crippen MR) is 140 cm³/mol. The van der Waals surface area contributed by atoms with Gasteiger partial charge in [-0.15, -0.1) is 12.8 Å². The van der Waals surface area contributed by atoms with E-state index in [0.29, 0.717) is 36.3 Å². The van der Waals surface area contributed by atoms with Gasteiger partial charge in [-0.25, -0.2) is 0 Å². The second-order valence-corrected chi connectivity index (χ2v) is 9.53. The van der Waals surface area contributed by atoms with Gasteiger partial charge in [-0.3, -0.25) is 9.63 Å². The highest BCUT2D eigenvalue weighted by Crippen LogP contribution is 2.32. The molecule has 2 N–H and O–H groups in total. The van der Waals surface area contributed by atoms with Crippen LogP contribution >= 0.6 is 0 Å². The number of alkyl halides is 3. The summed E-state index contributed by atoms with van der Waals surface area (Å²) in [4.78, 5) is 20.0. The van der Waals surface area contributed by atoms with Gasteiger partial charge in [0.15, 0.2) is 0 Å². The molecule has 1 saturated heterocycles. The van der Waals surface area contributed by atoms with E-state index in [0.717, 1.165) is 71.1 Å². The fourth-order valence-corrected chi connectivity index (χ4v) is 5.06. The summed E-state index contributed by atoms with van der Waals surface area (Å²) in [5.74, 6) is 0.0196. The number of carbonyl (C=O) groups is 1. The molecule has 1 aliphatic carbocycles. The van der Waals surface area contributed by atoms with Crippen molar-refractivity contribution < 1.29 is 37.4 Å². The minimum atomic E-state index is -4.46. The molecule has 3 heterocycles. The van der Waals surface area contributed by atoms with Crippen LogP contribution in [0.2, 0.25) is 0 Å². The standard InChI is InChI=1S/C22H31F3N3O3.C3H8.C2H2.CH4O/c1-30-28-14-17(22(23,24)25)12-16-13-27(9-6-20(16)28)21(29)15-2-4-18(5-3-15)26-19-7-10-31-11-8-19;1-3-2;2*1-2/h12,14-15,18-19,26H,2-11,13H2,1H3;3H2,1-2H3;1-2H;2H,1H3/q+1;;;. The fourth-order valence-electron chi connectivity index (χ4n) is 5.06. The molecule has 38 heavy (non-hydrogen) atoms. The number of aliphatic hydroxyl groups is 1. The Balaban J connectivity index is 0.000000944. The highest BCUT2D eigenvalue weighted by atomic mass is 19.4. The maximum absolute atomic E-state index is 13.3. The van der Waals surface area contributed by atoms with Crippen molar-refractivity contribution in [1.82, 2.24) is 10.2 Å². The Hall–Kier alpha value is -2.35. The first kappa shape index (κ1) is 33.7. The van der Waals surface area contributed by atoms with Crippen molar-refractivity contribution in [3.05, 3.63) is 29.1 Å². The van der Waals surface area contributed by atoms with E-state index in [2.05, 4.69) is 32.0 Å². The van der Waals surface area contributed by atoms with E-state index in [1.54, 1.807) is 4.90 Å². The number of hydrogen-bond acceptors (Lipinski definition) is 5. The van der Waals surface area contributed by atoms with Crippen molar-refractivity contribution in [3.8, 4) is 12.8 Å². The van der Waals surface area contributed by atoms with Crippen LogP contribution in [0, 0.1) is 18.8 Å². The van der Waals surface area contributed by atoms with E-state index >= 15 is 0 Å². The topological polar surface area (TPSA) is 74.9 Å². The predicted octanol–water partition coefficient (Wildman–Crippen LogP) is 3.54. The summed E-state index contributed by atoms with van der Waals surface area (Å²) < 4.78 is 46.4. The zero-order valence-electron chi connectivity index (χ0n) is 23.2. The summed E-state index contributed by atoms with van der Waals surface area (Å²) >= 11 is 0. The van der Waals surface area contributed by atoms with Crippen LogP contribution in [0.5, 0.6) is 0 Å². The number of pyridine rings is 1. The highest BCUT2D eigenvalue weighted by molar-refractivity contribution is 5.79. The average molecular weight is 545 g/mol. The van der Waals surface area contributed by atoms with Crippen molar-refractivity contribution >= 4 is 5.91 Å². The van der Waals surface area contributed by atoms with Crippen LogP contribution in [0.15, 0.2) is 12.3 Å². The van der Waals surface area contributed by atoms with Crippen LogP contribution < -0.4 is 14.9 Å². The summed E-state index contributed by atoms with van der Waals surface area (Å²) in [7, 11) is 2.35. The van der Waals surface area contributed by atoms with Gasteiger partial charge in [-0.1, -0.05) is 20.3 Å². The van der Waals surface area contributed by atoms with Gasteiger partial charge in [-0.05, 0) is 44.6 Å². The lowest BCUT2D eigenvalue weighted by molar-refractivity contribution is -0.891. The van der Waals surface area contributed by atoms with E-state index < -0.39 is 11.7 Å². The Morgan fingerprint density at radius 2 is 1.68 bits per heavy atom. The third-order valence-electron chi connectivity index (χ3n) is 6.81. The van der Waals surface area contributed by atoms with Gasteiger partial charge in [0.2, 0.25) is 17.8 Å². The third-order valence-corrected chi connectivity index (χ3v) is 6.81. The van der Waals surface area contributed by atoms with Gasteiger partial charge in [-0.2, -0.15) is 13.2 Å². The van der Waals surface area contributed by atoms with Gasteiger partial charge in [0.05, 0.1) is 13.0 Å². The summed E-state index contributed by atoms with van der Waals surface area (Å²) in [6.07, 6.45) is 11.9. The van der Waals surface area contributed by atoms with Crippen molar-refractivity contribution in [2.75, 3.05) is 34.0 Å². The molecular formula is C28H45F3N3O4+. The number of aromatic nitrogens is 1. The number of ether oxygens (including phenoxy) is 1. The first-order chi connectivity index (χ1) is 18.3. The lowest BCUT2D eigenvalue weighted by Gasteiger charge is -2.36. The third kappa shape index (κ3) is 9.75. The van der Waals surface area contributed by atoms with Crippen LogP contribution in [0.25, 0.3) is 0 Å². The number of aliphatic hydroxyl groups excluding tert-OH is 1. The van der Waals surface area contributed by atoms with Gasteiger partial charge in [0.25, 0.3) is 0 Å². The largest absolute Gasteiger partial charge is 0.422 e. The second-order valence-electron chi connectivity index (χ2n) is 9.53. The van der Waals surface area contributed by atoms with E-state index in [1.807, 2.05) is 0 Å². The average Bonchev–Trinajstić information content (AvgIpc) is 2.95. The molecule has 2 fully saturated rings. The van der Waals surface area contributed by atoms with Crippen LogP contribution in [0.3, 0.4) is 0 Å². The summed E-state index contributed by atoms with van der Waals surface area (Å²) in [6.45, 7) is 6.56. The molecule has 216 valence electrons. The number of halogens is 3. The van der Waals surface area contributed by atoms with E-state index in [1.165, 1.54) is 18.3 Å². The summed E-state index contributed by atoms with van der Waals surface area (Å²) in [5.41, 5.74) is 0.442. The molecule has 1 aromatic heterocycles. The molecular weight excluding hydrogens is 499 g/mol. The van der Waals surface area contributed by atoms with Crippen LogP contribution in [0.4, 0.5) is 13.2 Å². The molecule has 0 spiro atoms. The van der Waals surface area contributed by atoms with Gasteiger partial charge >= 0.3 is 6.18 Å². The maximum atomic E-state index is 13.3. The van der Waals surface area contributed by atoms with Crippen molar-refractivity contribution in [2.45, 2.75) is 90.0 Å². The molecule has 1 saturated carbocycles. The number of amides is 1. The number of hydrogen-bond donors (Lipinski definition) is 2. The molecule has 0 bridgehead atoms. The lowest BCUT2D eigenvalue weighted by Crippen LogP contribution is -2.51. The van der Waals surface area contributed by atoms with Gasteiger partial charge in [0, 0.05) is 55.2 Å². The first-order valence-corrected chi connectivity index (χ1v) is 13.4. The maximum Gasteiger partial charge on any atom is 0.422 e. The Labute approximate surface area is 225 Å². The van der Waals surface area contributed by atoms with E-state index in [9.17, 15) is 18.0 Å². The molecule has 0 atom stereocenters. The summed E-state index contributed by atoms with van der Waals surface area (Å²) in [6, 6.07) is 2.09. The first-order valence-electron chi connectivity index (χ1n) is 13.4. The molecule has 10 heteroatoms. The SMILES string of the molecule is C#C.CCC.CO.CO[n+]1cc(C(F)(F)F)cc2c1CCN(C(=O)C1CCC(NC3CCOCC3)CC1)C2. The van der Waals surface area contributed by atoms with Crippen molar-refractivity contribution in [3.63, 3.8) is 0 Å². The smallest absolute Gasteiger partial charge is 0.400 e. The minimum absolute atomic E-state index is 0.0466. The minimum Gasteiger partial charge on any atom is -0.400 e. The van der Waals surface area contributed by atoms with Crippen molar-refractivity contribution in [2.24, 2.45) is 5.92 Å². The zero-order valence-corrected chi connectivity index (χ0v) is 23.2. The Kier molecular flexibility index (Phi) is 15.3. The molecule has 4 rings (SSSR count). The molecule has 2 aliphatic heterocycles. The van der Waals surface area contributed by atoms with E-state index in [-0.39, 0.29) is 18.4 Å². The highest BCUT2D eigenvalue weighted by Gasteiger charge is 2.39. The van der Waals surface area contributed by atoms with E-state index in [4.69, 9.17) is 14.7 Å². The van der Waals surface area contributed by atoms with Crippen LogP contribution in [0.1, 0.15) is 75.6 Å². The van der Waals surface area contributed by atoms with Crippen molar-refractivity contribution in [1.29, 1.82) is 0 Å². The number of nitrogens with one attached hydrogen (secondary N) is 1. The molecule has 7 nitrogen and oxygen atoms in total. The number of nitrogens with zero attached hydrogens (tertiary/aromatic N) is 2. The fraction of sp³-hybridized carbons (Fsp3) is 0.714. The number of terminal acetylenes is 1.